The highest BCUT2D eigenvalue weighted by molar-refractivity contribution is 5.94. The van der Waals surface area contributed by atoms with Crippen LogP contribution < -0.4 is 5.32 Å². The lowest BCUT2D eigenvalue weighted by Gasteiger charge is -2.34. The SMILES string of the molecule is Cn1nc(-c2ccc(F)cn2)c(C2CCC2)c1NC(=O)C1CC(F)(F)C1. The first kappa shape index (κ1) is 17.1. The number of rotatable bonds is 4. The number of hydrogen-bond donors (Lipinski definition) is 1. The fraction of sp³-hybridized carbons (Fsp3) is 0.500. The maximum absolute atomic E-state index is 13.2. The zero-order valence-electron chi connectivity index (χ0n) is 14.3. The van der Waals surface area contributed by atoms with Gasteiger partial charge in [-0.15, -0.1) is 0 Å². The van der Waals surface area contributed by atoms with Crippen molar-refractivity contribution in [3.05, 3.63) is 29.7 Å². The highest BCUT2D eigenvalue weighted by atomic mass is 19.3. The summed E-state index contributed by atoms with van der Waals surface area (Å²) in [6, 6.07) is 2.87. The van der Waals surface area contributed by atoms with E-state index in [1.165, 1.54) is 6.07 Å². The molecule has 0 unspecified atom stereocenters. The lowest BCUT2D eigenvalue weighted by molar-refractivity contribution is -0.145. The number of anilines is 1. The largest absolute Gasteiger partial charge is 0.310 e. The minimum absolute atomic E-state index is 0.226. The van der Waals surface area contributed by atoms with Gasteiger partial charge in [0.05, 0.1) is 11.9 Å². The monoisotopic (exact) mass is 364 g/mol. The van der Waals surface area contributed by atoms with E-state index in [4.69, 9.17) is 0 Å². The molecule has 0 aromatic carbocycles. The van der Waals surface area contributed by atoms with E-state index in [0.29, 0.717) is 17.2 Å². The molecule has 26 heavy (non-hydrogen) atoms. The molecule has 2 aliphatic rings. The standard InChI is InChI=1S/C18H19F3N4O/c1-25-16(23-17(26)11-7-18(20,21)8-11)14(10-3-2-4-10)15(24-25)13-6-5-12(19)9-22-13/h5-6,9-11H,2-4,7-8H2,1H3,(H,23,26). The fourth-order valence-electron chi connectivity index (χ4n) is 3.54. The summed E-state index contributed by atoms with van der Waals surface area (Å²) in [5.41, 5.74) is 1.99. The number of aromatic nitrogens is 3. The molecule has 0 aliphatic heterocycles. The van der Waals surface area contributed by atoms with Gasteiger partial charge in [0.15, 0.2) is 0 Å². The van der Waals surface area contributed by atoms with E-state index in [0.717, 1.165) is 31.0 Å². The van der Waals surface area contributed by atoms with Gasteiger partial charge in [-0.2, -0.15) is 5.10 Å². The molecule has 0 saturated heterocycles. The third kappa shape index (κ3) is 2.97. The van der Waals surface area contributed by atoms with Gasteiger partial charge >= 0.3 is 0 Å². The van der Waals surface area contributed by atoms with Crippen LogP contribution in [0.2, 0.25) is 0 Å². The summed E-state index contributed by atoms with van der Waals surface area (Å²) in [4.78, 5) is 16.5. The minimum Gasteiger partial charge on any atom is -0.310 e. The van der Waals surface area contributed by atoms with Crippen molar-refractivity contribution in [3.8, 4) is 11.4 Å². The van der Waals surface area contributed by atoms with Crippen LogP contribution in [0.15, 0.2) is 18.3 Å². The van der Waals surface area contributed by atoms with Gasteiger partial charge in [0.2, 0.25) is 11.8 Å². The van der Waals surface area contributed by atoms with Gasteiger partial charge in [-0.1, -0.05) is 6.42 Å². The van der Waals surface area contributed by atoms with Crippen LogP contribution >= 0.6 is 0 Å². The van der Waals surface area contributed by atoms with Crippen molar-refractivity contribution >= 4 is 11.7 Å². The molecule has 2 fully saturated rings. The van der Waals surface area contributed by atoms with Crippen molar-refractivity contribution in [2.45, 2.75) is 43.9 Å². The number of halogens is 3. The Hall–Kier alpha value is -2.38. The Kier molecular flexibility index (Phi) is 4.00. The summed E-state index contributed by atoms with van der Waals surface area (Å²) in [5, 5.41) is 7.26. The van der Waals surface area contributed by atoms with E-state index in [2.05, 4.69) is 15.4 Å². The number of amides is 1. The topological polar surface area (TPSA) is 59.8 Å². The number of aryl methyl sites for hydroxylation is 1. The Bertz CT molecular complexity index is 835. The van der Waals surface area contributed by atoms with Crippen LogP contribution in [-0.2, 0) is 11.8 Å². The van der Waals surface area contributed by atoms with Gasteiger partial charge in [-0.25, -0.2) is 13.2 Å². The third-order valence-corrected chi connectivity index (χ3v) is 5.27. The van der Waals surface area contributed by atoms with E-state index < -0.39 is 36.4 Å². The lowest BCUT2D eigenvalue weighted by Crippen LogP contribution is -2.42. The molecule has 2 aromatic rings. The molecule has 138 valence electrons. The molecule has 0 spiro atoms. The Morgan fingerprint density at radius 2 is 2.04 bits per heavy atom. The minimum atomic E-state index is -2.74. The van der Waals surface area contributed by atoms with Crippen LogP contribution in [0.25, 0.3) is 11.4 Å². The second-order valence-electron chi connectivity index (χ2n) is 7.17. The molecule has 2 aromatic heterocycles. The molecule has 4 rings (SSSR count). The smallest absolute Gasteiger partial charge is 0.249 e. The van der Waals surface area contributed by atoms with E-state index in [1.54, 1.807) is 17.8 Å². The molecule has 0 radical (unpaired) electrons. The van der Waals surface area contributed by atoms with Gasteiger partial charge in [-0.05, 0) is 30.9 Å². The summed E-state index contributed by atoms with van der Waals surface area (Å²) < 4.78 is 40.8. The van der Waals surface area contributed by atoms with Crippen molar-refractivity contribution in [3.63, 3.8) is 0 Å². The maximum atomic E-state index is 13.2. The van der Waals surface area contributed by atoms with Crippen LogP contribution in [0.4, 0.5) is 19.0 Å². The van der Waals surface area contributed by atoms with Crippen molar-refractivity contribution in [1.29, 1.82) is 0 Å². The van der Waals surface area contributed by atoms with Crippen LogP contribution in [0.5, 0.6) is 0 Å². The van der Waals surface area contributed by atoms with Gasteiger partial charge < -0.3 is 5.32 Å². The van der Waals surface area contributed by atoms with E-state index in [-0.39, 0.29) is 5.92 Å². The second kappa shape index (κ2) is 6.10. The summed E-state index contributed by atoms with van der Waals surface area (Å²) >= 11 is 0. The number of nitrogens with one attached hydrogen (secondary N) is 1. The molecular formula is C18H19F3N4O. The highest BCUT2D eigenvalue weighted by Gasteiger charge is 2.49. The summed E-state index contributed by atoms with van der Waals surface area (Å²) in [7, 11) is 1.69. The quantitative estimate of drug-likeness (QED) is 0.896. The second-order valence-corrected chi connectivity index (χ2v) is 7.17. The molecule has 2 aliphatic carbocycles. The predicted molar refractivity (Wildman–Crippen MR) is 89.3 cm³/mol. The zero-order valence-corrected chi connectivity index (χ0v) is 14.3. The molecule has 2 saturated carbocycles. The maximum Gasteiger partial charge on any atom is 0.249 e. The van der Waals surface area contributed by atoms with Crippen molar-refractivity contribution in [2.24, 2.45) is 13.0 Å². The predicted octanol–water partition coefficient (Wildman–Crippen LogP) is 3.87. The summed E-state index contributed by atoms with van der Waals surface area (Å²) in [5.74, 6) is -3.51. The number of carbonyl (C=O) groups is 1. The number of pyridine rings is 1. The molecule has 0 bridgehead atoms. The summed E-state index contributed by atoms with van der Waals surface area (Å²) in [6.45, 7) is 0. The van der Waals surface area contributed by atoms with Crippen LogP contribution in [0.1, 0.15) is 43.6 Å². The Labute approximate surface area is 148 Å². The average Bonchev–Trinajstić information content (AvgIpc) is 2.81. The summed E-state index contributed by atoms with van der Waals surface area (Å²) in [6.07, 6.45) is 3.31. The molecule has 1 amide bonds. The Morgan fingerprint density at radius 3 is 2.58 bits per heavy atom. The van der Waals surface area contributed by atoms with E-state index >= 15 is 0 Å². The molecule has 8 heteroatoms. The molecule has 0 atom stereocenters. The normalized spacial score (nSPS) is 19.7. The van der Waals surface area contributed by atoms with E-state index in [1.807, 2.05) is 0 Å². The van der Waals surface area contributed by atoms with Gasteiger partial charge in [0, 0.05) is 31.4 Å². The Morgan fingerprint density at radius 1 is 1.31 bits per heavy atom. The van der Waals surface area contributed by atoms with Gasteiger partial charge in [0.1, 0.15) is 17.3 Å². The molecule has 2 heterocycles. The zero-order chi connectivity index (χ0) is 18.5. The first-order valence-corrected chi connectivity index (χ1v) is 8.71. The van der Waals surface area contributed by atoms with Crippen LogP contribution in [-0.4, -0.2) is 26.6 Å². The average molecular weight is 364 g/mol. The van der Waals surface area contributed by atoms with Crippen molar-refractivity contribution < 1.29 is 18.0 Å². The molecular weight excluding hydrogens is 345 g/mol. The lowest BCUT2D eigenvalue weighted by atomic mass is 9.78. The Balaban J connectivity index is 1.66. The number of hydrogen-bond acceptors (Lipinski definition) is 3. The third-order valence-electron chi connectivity index (χ3n) is 5.27. The van der Waals surface area contributed by atoms with E-state index in [9.17, 15) is 18.0 Å². The van der Waals surface area contributed by atoms with Gasteiger partial charge in [0.25, 0.3) is 0 Å². The first-order chi connectivity index (χ1) is 12.3. The molecule has 1 N–H and O–H groups in total. The number of nitrogens with zero attached hydrogens (tertiary/aromatic N) is 3. The van der Waals surface area contributed by atoms with Gasteiger partial charge in [-0.3, -0.25) is 14.5 Å². The fourth-order valence-corrected chi connectivity index (χ4v) is 3.54. The number of alkyl halides is 2. The van der Waals surface area contributed by atoms with Crippen LogP contribution in [0, 0.1) is 11.7 Å². The van der Waals surface area contributed by atoms with Crippen LogP contribution in [0.3, 0.4) is 0 Å². The highest BCUT2D eigenvalue weighted by Crippen LogP contribution is 2.46. The van der Waals surface area contributed by atoms with Crippen molar-refractivity contribution in [2.75, 3.05) is 5.32 Å². The molecule has 5 nitrogen and oxygen atoms in total. The number of carbonyl (C=O) groups excluding carboxylic acids is 1. The first-order valence-electron chi connectivity index (χ1n) is 8.71. The van der Waals surface area contributed by atoms with Crippen molar-refractivity contribution in [1.82, 2.24) is 14.8 Å².